The Morgan fingerprint density at radius 2 is 2.04 bits per heavy atom. The maximum Gasteiger partial charge on any atom is 0.242 e. The summed E-state index contributed by atoms with van der Waals surface area (Å²) in [6.45, 7) is 1.99. The number of furan rings is 1. The minimum Gasteiger partial charge on any atom is -0.467 e. The fraction of sp³-hybridized carbons (Fsp3) is 0.368. The molecule has 1 aromatic carbocycles. The molecule has 0 saturated heterocycles. The lowest BCUT2D eigenvalue weighted by atomic mass is 10.0. The second kappa shape index (κ2) is 7.34. The molecule has 24 heavy (non-hydrogen) atoms. The molecule has 0 aliphatic heterocycles. The molecule has 1 aromatic heterocycles. The summed E-state index contributed by atoms with van der Waals surface area (Å²) in [5, 5.41) is 5.48. The van der Waals surface area contributed by atoms with Crippen molar-refractivity contribution in [3.05, 3.63) is 59.0 Å². The van der Waals surface area contributed by atoms with Gasteiger partial charge in [-0.25, -0.2) is 0 Å². The second-order valence-electron chi connectivity index (χ2n) is 6.22. The van der Waals surface area contributed by atoms with Crippen molar-refractivity contribution in [3.63, 3.8) is 0 Å². The van der Waals surface area contributed by atoms with Crippen LogP contribution in [-0.4, -0.2) is 17.9 Å². The molecule has 5 nitrogen and oxygen atoms in total. The molecule has 2 aromatic rings. The molecule has 126 valence electrons. The molecule has 0 saturated carbocycles. The highest BCUT2D eigenvalue weighted by molar-refractivity contribution is 5.88. The largest absolute Gasteiger partial charge is 0.467 e. The van der Waals surface area contributed by atoms with Crippen molar-refractivity contribution < 1.29 is 14.0 Å². The molecule has 0 bridgehead atoms. The van der Waals surface area contributed by atoms with Gasteiger partial charge in [-0.3, -0.25) is 9.59 Å². The van der Waals surface area contributed by atoms with Crippen molar-refractivity contribution in [2.75, 3.05) is 0 Å². The van der Waals surface area contributed by atoms with Gasteiger partial charge in [0, 0.05) is 0 Å². The van der Waals surface area contributed by atoms with E-state index in [0.717, 1.165) is 18.4 Å². The molecule has 1 aliphatic rings. The number of carbonyl (C=O) groups is 2. The second-order valence-corrected chi connectivity index (χ2v) is 6.22. The third kappa shape index (κ3) is 4.04. The summed E-state index contributed by atoms with van der Waals surface area (Å²) in [4.78, 5) is 24.2. The van der Waals surface area contributed by atoms with Crippen molar-refractivity contribution in [2.24, 2.45) is 0 Å². The number of fused-ring (bicyclic) bond motifs is 1. The monoisotopic (exact) mass is 326 g/mol. The van der Waals surface area contributed by atoms with E-state index in [2.05, 4.69) is 22.8 Å². The first kappa shape index (κ1) is 16.3. The van der Waals surface area contributed by atoms with E-state index in [9.17, 15) is 9.59 Å². The lowest BCUT2D eigenvalue weighted by Crippen LogP contribution is -2.45. The van der Waals surface area contributed by atoms with Gasteiger partial charge in [0.2, 0.25) is 11.8 Å². The van der Waals surface area contributed by atoms with Gasteiger partial charge in [-0.15, -0.1) is 0 Å². The van der Waals surface area contributed by atoms with Crippen LogP contribution in [0.1, 0.15) is 35.8 Å². The molecule has 1 heterocycles. The summed E-state index contributed by atoms with van der Waals surface area (Å²) in [5.41, 5.74) is 3.74. The lowest BCUT2D eigenvalue weighted by molar-refractivity contribution is -0.128. The Morgan fingerprint density at radius 3 is 2.83 bits per heavy atom. The number of benzene rings is 1. The average Bonchev–Trinajstić information content (AvgIpc) is 3.23. The third-order valence-electron chi connectivity index (χ3n) is 4.32. The highest BCUT2D eigenvalue weighted by atomic mass is 16.3. The first-order valence-corrected chi connectivity index (χ1v) is 8.32. The van der Waals surface area contributed by atoms with Crippen LogP contribution in [0.25, 0.3) is 0 Å². The van der Waals surface area contributed by atoms with Crippen LogP contribution in [0, 0.1) is 0 Å². The number of amides is 2. The van der Waals surface area contributed by atoms with E-state index in [0.29, 0.717) is 18.7 Å². The van der Waals surface area contributed by atoms with Gasteiger partial charge in [0.1, 0.15) is 11.8 Å². The van der Waals surface area contributed by atoms with E-state index in [4.69, 9.17) is 4.42 Å². The predicted octanol–water partition coefficient (Wildman–Crippen LogP) is 2.13. The van der Waals surface area contributed by atoms with Gasteiger partial charge in [-0.1, -0.05) is 18.2 Å². The van der Waals surface area contributed by atoms with E-state index in [1.54, 1.807) is 25.3 Å². The molecule has 1 atom stereocenters. The Balaban J connectivity index is 1.47. The highest BCUT2D eigenvalue weighted by Crippen LogP contribution is 2.22. The van der Waals surface area contributed by atoms with Crippen LogP contribution in [0.4, 0.5) is 0 Å². The van der Waals surface area contributed by atoms with E-state index in [1.165, 1.54) is 17.5 Å². The van der Waals surface area contributed by atoms with Crippen LogP contribution in [0.2, 0.25) is 0 Å². The van der Waals surface area contributed by atoms with Gasteiger partial charge in [-0.05, 0) is 55.0 Å². The molecule has 1 aliphatic carbocycles. The first-order valence-electron chi connectivity index (χ1n) is 8.32. The number of carbonyl (C=O) groups excluding carboxylic acids is 2. The quantitative estimate of drug-likeness (QED) is 0.854. The Morgan fingerprint density at radius 1 is 1.21 bits per heavy atom. The Kier molecular flexibility index (Phi) is 4.99. The Bertz CT molecular complexity index is 722. The molecular weight excluding hydrogens is 304 g/mol. The number of hydrogen-bond donors (Lipinski definition) is 2. The van der Waals surface area contributed by atoms with E-state index < -0.39 is 6.04 Å². The SMILES string of the molecule is C[C@@H](NC(=O)Cc1ccc2c(c1)CCC2)C(=O)NCc1ccco1. The number of rotatable bonds is 6. The standard InChI is InChI=1S/C19H22N2O3/c1-13(19(23)20-12-17-6-3-9-24-17)21-18(22)11-14-7-8-15-4-2-5-16(15)10-14/h3,6-10,13H,2,4-5,11-12H2,1H3,(H,20,23)(H,21,22)/t13-/m1/s1. The van der Waals surface area contributed by atoms with Crippen molar-refractivity contribution in [1.82, 2.24) is 10.6 Å². The molecule has 0 spiro atoms. The van der Waals surface area contributed by atoms with Crippen LogP contribution in [-0.2, 0) is 35.4 Å². The fourth-order valence-corrected chi connectivity index (χ4v) is 3.02. The number of hydrogen-bond acceptors (Lipinski definition) is 3. The molecule has 2 amide bonds. The molecule has 0 fully saturated rings. The predicted molar refractivity (Wildman–Crippen MR) is 90.3 cm³/mol. The minimum absolute atomic E-state index is 0.145. The summed E-state index contributed by atoms with van der Waals surface area (Å²) >= 11 is 0. The summed E-state index contributed by atoms with van der Waals surface area (Å²) in [6.07, 6.45) is 5.27. The van der Waals surface area contributed by atoms with Gasteiger partial charge in [-0.2, -0.15) is 0 Å². The van der Waals surface area contributed by atoms with E-state index in [-0.39, 0.29) is 11.8 Å². The molecule has 0 unspecified atom stereocenters. The Hall–Kier alpha value is -2.56. The summed E-state index contributed by atoms with van der Waals surface area (Å²) in [7, 11) is 0. The van der Waals surface area contributed by atoms with Gasteiger partial charge < -0.3 is 15.1 Å². The fourth-order valence-electron chi connectivity index (χ4n) is 3.02. The van der Waals surface area contributed by atoms with Gasteiger partial charge in [0.25, 0.3) is 0 Å². The van der Waals surface area contributed by atoms with Crippen LogP contribution in [0.5, 0.6) is 0 Å². The maximum absolute atomic E-state index is 12.2. The van der Waals surface area contributed by atoms with Crippen molar-refractivity contribution in [2.45, 2.75) is 45.2 Å². The van der Waals surface area contributed by atoms with Crippen LogP contribution in [0.15, 0.2) is 41.0 Å². The topological polar surface area (TPSA) is 71.3 Å². The third-order valence-corrected chi connectivity index (χ3v) is 4.32. The zero-order valence-corrected chi connectivity index (χ0v) is 13.8. The summed E-state index contributed by atoms with van der Waals surface area (Å²) in [6, 6.07) is 9.21. The number of aryl methyl sites for hydroxylation is 2. The van der Waals surface area contributed by atoms with Gasteiger partial charge in [0.05, 0.1) is 19.2 Å². The first-order chi connectivity index (χ1) is 11.6. The molecule has 2 N–H and O–H groups in total. The lowest BCUT2D eigenvalue weighted by Gasteiger charge is -2.14. The summed E-state index contributed by atoms with van der Waals surface area (Å²) < 4.78 is 5.16. The summed E-state index contributed by atoms with van der Waals surface area (Å²) in [5.74, 6) is 0.308. The Labute approximate surface area is 141 Å². The molecule has 5 heteroatoms. The van der Waals surface area contributed by atoms with Crippen LogP contribution < -0.4 is 10.6 Å². The molecular formula is C19H22N2O3. The highest BCUT2D eigenvalue weighted by Gasteiger charge is 2.17. The number of nitrogens with one attached hydrogen (secondary N) is 2. The molecule has 0 radical (unpaired) electrons. The van der Waals surface area contributed by atoms with Gasteiger partial charge in [0.15, 0.2) is 0 Å². The van der Waals surface area contributed by atoms with Crippen molar-refractivity contribution in [1.29, 1.82) is 0 Å². The molecule has 3 rings (SSSR count). The normalized spacial score (nSPS) is 14.0. The zero-order chi connectivity index (χ0) is 16.9. The van der Waals surface area contributed by atoms with Crippen LogP contribution in [0.3, 0.4) is 0 Å². The average molecular weight is 326 g/mol. The van der Waals surface area contributed by atoms with E-state index >= 15 is 0 Å². The van der Waals surface area contributed by atoms with E-state index in [1.807, 2.05) is 6.07 Å². The van der Waals surface area contributed by atoms with Crippen LogP contribution >= 0.6 is 0 Å². The maximum atomic E-state index is 12.2. The van der Waals surface area contributed by atoms with Crippen molar-refractivity contribution in [3.8, 4) is 0 Å². The minimum atomic E-state index is -0.582. The van der Waals surface area contributed by atoms with Gasteiger partial charge >= 0.3 is 0 Å². The smallest absolute Gasteiger partial charge is 0.242 e. The zero-order valence-electron chi connectivity index (χ0n) is 13.8. The van der Waals surface area contributed by atoms with Crippen molar-refractivity contribution >= 4 is 11.8 Å².